The van der Waals surface area contributed by atoms with Crippen molar-refractivity contribution >= 4 is 40.9 Å². The van der Waals surface area contributed by atoms with Crippen LogP contribution in [0.25, 0.3) is 10.4 Å². The third kappa shape index (κ3) is 7.83. The Bertz CT molecular complexity index is 381. The largest absolute Gasteiger partial charge is 0.439 e. The second-order valence-electron chi connectivity index (χ2n) is 4.75. The van der Waals surface area contributed by atoms with Crippen molar-refractivity contribution in [2.45, 2.75) is 36.1 Å². The maximum atomic E-state index is 12.1. The number of amides is 1. The first-order chi connectivity index (χ1) is 9.65. The van der Waals surface area contributed by atoms with Crippen LogP contribution >= 0.6 is 34.8 Å². The topological polar surface area (TPSA) is 98.5 Å². The lowest BCUT2D eigenvalue weighted by Gasteiger charge is -2.34. The molecule has 10 heteroatoms. The summed E-state index contributed by atoms with van der Waals surface area (Å²) < 4.78 is 3.46. The molecule has 7 nitrogen and oxygen atoms in total. The lowest BCUT2D eigenvalue weighted by molar-refractivity contribution is 0.0149. The van der Waals surface area contributed by atoms with Gasteiger partial charge in [-0.05, 0) is 32.2 Å². The predicted molar refractivity (Wildman–Crippen MR) is 82.8 cm³/mol. The maximum Gasteiger partial charge on any atom is 0.410 e. The summed E-state index contributed by atoms with van der Waals surface area (Å²) in [6.45, 7) is 3.78. The number of aliphatic hydroxyl groups excluding tert-OH is 1. The Balaban J connectivity index is 4.66. The first kappa shape index (κ1) is 20.4. The van der Waals surface area contributed by atoms with Gasteiger partial charge in [0.1, 0.15) is 0 Å². The van der Waals surface area contributed by atoms with Crippen LogP contribution in [0.2, 0.25) is 0 Å². The van der Waals surface area contributed by atoms with E-state index >= 15 is 0 Å². The van der Waals surface area contributed by atoms with Crippen LogP contribution in [0.3, 0.4) is 0 Å². The van der Waals surface area contributed by atoms with E-state index in [-0.39, 0.29) is 13.2 Å². The molecule has 0 radical (unpaired) electrons. The molecule has 0 unspecified atom stereocenters. The lowest BCUT2D eigenvalue weighted by atomic mass is 10.2. The third-order valence-electron chi connectivity index (χ3n) is 2.62. The summed E-state index contributed by atoms with van der Waals surface area (Å²) >= 11 is 17.3. The van der Waals surface area contributed by atoms with Crippen LogP contribution in [-0.2, 0) is 4.74 Å². The Morgan fingerprint density at radius 1 is 1.33 bits per heavy atom. The van der Waals surface area contributed by atoms with E-state index in [9.17, 15) is 4.79 Å². The van der Waals surface area contributed by atoms with Crippen LogP contribution in [0.15, 0.2) is 5.11 Å². The molecular weight excluding hydrogens is 343 g/mol. The summed E-state index contributed by atoms with van der Waals surface area (Å²) in [6.07, 6.45) is 0.213. The van der Waals surface area contributed by atoms with Crippen molar-refractivity contribution in [1.29, 1.82) is 0 Å². The van der Waals surface area contributed by atoms with Gasteiger partial charge in [0.2, 0.25) is 3.79 Å². The number of rotatable bonds is 8. The van der Waals surface area contributed by atoms with Gasteiger partial charge >= 0.3 is 6.09 Å². The fourth-order valence-corrected chi connectivity index (χ4v) is 1.39. The third-order valence-corrected chi connectivity index (χ3v) is 3.98. The summed E-state index contributed by atoms with van der Waals surface area (Å²) in [5, 5.41) is 12.2. The molecule has 0 saturated heterocycles. The molecule has 0 heterocycles. The Labute approximate surface area is 138 Å². The fraction of sp³-hybridized carbons (Fsp3) is 0.909. The predicted octanol–water partition coefficient (Wildman–Crippen LogP) is 3.66. The van der Waals surface area contributed by atoms with Gasteiger partial charge in [0.05, 0.1) is 0 Å². The molecule has 0 aromatic carbocycles. The molecule has 0 spiro atoms. The number of alkyl halides is 3. The van der Waals surface area contributed by atoms with E-state index in [4.69, 9.17) is 50.2 Å². The highest BCUT2D eigenvalue weighted by Crippen LogP contribution is 2.40. The zero-order valence-corrected chi connectivity index (χ0v) is 14.2. The first-order valence-electron chi connectivity index (χ1n) is 6.32. The molecule has 122 valence electrons. The second kappa shape index (κ2) is 9.43. The summed E-state index contributed by atoms with van der Waals surface area (Å²) in [4.78, 5) is 16.1. The zero-order chi connectivity index (χ0) is 16.5. The molecule has 0 aliphatic rings. The first-order valence-corrected chi connectivity index (χ1v) is 7.45. The molecule has 0 fully saturated rings. The molecule has 1 N–H and O–H groups in total. The minimum atomic E-state index is -1.77. The SMILES string of the molecule is CC(C)(OC(=O)N(CCCO)CCCN=[N+]=[N-])C(Cl)(Cl)Cl. The van der Waals surface area contributed by atoms with Crippen LogP contribution in [0, 0.1) is 0 Å². The smallest absolute Gasteiger partial charge is 0.410 e. The fourth-order valence-electron chi connectivity index (χ4n) is 1.27. The number of azide groups is 1. The summed E-state index contributed by atoms with van der Waals surface area (Å²) in [5.74, 6) is 0. The molecule has 21 heavy (non-hydrogen) atoms. The monoisotopic (exact) mass is 360 g/mol. The number of aliphatic hydroxyl groups is 1. The van der Waals surface area contributed by atoms with Crippen LogP contribution in [0.5, 0.6) is 0 Å². The minimum absolute atomic E-state index is 0.0615. The average molecular weight is 362 g/mol. The second-order valence-corrected chi connectivity index (χ2v) is 7.03. The van der Waals surface area contributed by atoms with E-state index in [0.29, 0.717) is 25.9 Å². The highest BCUT2D eigenvalue weighted by molar-refractivity contribution is 6.68. The van der Waals surface area contributed by atoms with Gasteiger partial charge in [0, 0.05) is 31.2 Å². The van der Waals surface area contributed by atoms with E-state index in [2.05, 4.69) is 10.0 Å². The number of hydrogen-bond acceptors (Lipinski definition) is 4. The Morgan fingerprint density at radius 3 is 2.38 bits per heavy atom. The molecule has 1 amide bonds. The van der Waals surface area contributed by atoms with Crippen molar-refractivity contribution in [3.63, 3.8) is 0 Å². The number of halogens is 3. The molecule has 0 aliphatic heterocycles. The summed E-state index contributed by atoms with van der Waals surface area (Å²) in [5.41, 5.74) is 6.89. The Hall–Kier alpha value is -0.590. The molecule has 0 rings (SSSR count). The molecule has 0 aliphatic carbocycles. The molecular formula is C11H19Cl3N4O3. The van der Waals surface area contributed by atoms with Gasteiger partial charge in [-0.15, -0.1) is 0 Å². The van der Waals surface area contributed by atoms with Gasteiger partial charge in [-0.2, -0.15) is 0 Å². The van der Waals surface area contributed by atoms with Crippen LogP contribution in [0.1, 0.15) is 26.7 Å². The number of carbonyl (C=O) groups excluding carboxylic acids is 1. The number of ether oxygens (including phenoxy) is 1. The van der Waals surface area contributed by atoms with E-state index in [1.54, 1.807) is 0 Å². The summed E-state index contributed by atoms with van der Waals surface area (Å²) in [6, 6.07) is 0. The highest BCUT2D eigenvalue weighted by Gasteiger charge is 2.44. The van der Waals surface area contributed by atoms with Gasteiger partial charge in [0.25, 0.3) is 0 Å². The van der Waals surface area contributed by atoms with Gasteiger partial charge < -0.3 is 14.7 Å². The highest BCUT2D eigenvalue weighted by atomic mass is 35.6. The Morgan fingerprint density at radius 2 is 1.90 bits per heavy atom. The van der Waals surface area contributed by atoms with Crippen molar-refractivity contribution in [1.82, 2.24) is 4.90 Å². The maximum absolute atomic E-state index is 12.1. The van der Waals surface area contributed by atoms with Crippen LogP contribution < -0.4 is 0 Å². The van der Waals surface area contributed by atoms with E-state index in [1.165, 1.54) is 18.7 Å². The molecule has 0 aromatic heterocycles. The molecule has 0 aromatic rings. The van der Waals surface area contributed by atoms with Crippen LogP contribution in [-0.4, -0.2) is 51.7 Å². The Kier molecular flexibility index (Phi) is 9.17. The van der Waals surface area contributed by atoms with Crippen molar-refractivity contribution in [2.75, 3.05) is 26.2 Å². The number of carbonyl (C=O) groups is 1. The van der Waals surface area contributed by atoms with Crippen molar-refractivity contribution < 1.29 is 14.6 Å². The minimum Gasteiger partial charge on any atom is -0.439 e. The average Bonchev–Trinajstić information content (AvgIpc) is 2.35. The quantitative estimate of drug-likeness (QED) is 0.235. The van der Waals surface area contributed by atoms with Gasteiger partial charge in [-0.3, -0.25) is 0 Å². The standard InChI is InChI=1S/C11H19Cl3N4O3/c1-10(2,11(12,13)14)21-9(20)18(7-4-8-19)6-3-5-16-17-15/h19H,3-8H2,1-2H3. The summed E-state index contributed by atoms with van der Waals surface area (Å²) in [7, 11) is 0. The van der Waals surface area contributed by atoms with Gasteiger partial charge in [0.15, 0.2) is 5.60 Å². The van der Waals surface area contributed by atoms with E-state index in [1.807, 2.05) is 0 Å². The number of nitrogens with zero attached hydrogens (tertiary/aromatic N) is 4. The molecule has 0 bridgehead atoms. The lowest BCUT2D eigenvalue weighted by Crippen LogP contribution is -2.46. The van der Waals surface area contributed by atoms with Crippen molar-refractivity contribution in [3.8, 4) is 0 Å². The van der Waals surface area contributed by atoms with Crippen LogP contribution in [0.4, 0.5) is 4.79 Å². The van der Waals surface area contributed by atoms with Crippen molar-refractivity contribution in [2.24, 2.45) is 5.11 Å². The van der Waals surface area contributed by atoms with Crippen molar-refractivity contribution in [3.05, 3.63) is 10.4 Å². The normalized spacial score (nSPS) is 11.7. The molecule has 0 atom stereocenters. The zero-order valence-electron chi connectivity index (χ0n) is 11.9. The van der Waals surface area contributed by atoms with Gasteiger partial charge in [-0.1, -0.05) is 39.9 Å². The van der Waals surface area contributed by atoms with Gasteiger partial charge in [-0.25, -0.2) is 4.79 Å². The molecule has 0 saturated carbocycles. The number of hydrogen-bond donors (Lipinski definition) is 1. The van der Waals surface area contributed by atoms with E-state index in [0.717, 1.165) is 0 Å². The van der Waals surface area contributed by atoms with E-state index < -0.39 is 15.5 Å².